The van der Waals surface area contributed by atoms with E-state index in [1.165, 1.54) is 0 Å². The summed E-state index contributed by atoms with van der Waals surface area (Å²) in [6, 6.07) is 21.3. The molecule has 5 heteroatoms. The maximum Gasteiger partial charge on any atom is 0.343 e. The zero-order chi connectivity index (χ0) is 17.6. The third-order valence-electron chi connectivity index (χ3n) is 3.63. The van der Waals surface area contributed by atoms with Crippen LogP contribution in [-0.4, -0.2) is 5.97 Å². The van der Waals surface area contributed by atoms with Gasteiger partial charge in [0.05, 0.1) is 16.9 Å². The molecule has 3 rings (SSSR count). The number of anilines is 1. The standard InChI is InChI=1S/C20H17N3O2/c1-14-18(23-22-17-12-10-16(21)11-13-17)8-5-9-19(14)25-20(24)15-6-3-2-4-7-15/h2-13H,21H2,1H3. The fourth-order valence-corrected chi connectivity index (χ4v) is 2.21. The number of nitrogens with two attached hydrogens (primary N) is 1. The fraction of sp³-hybridized carbons (Fsp3) is 0.0500. The topological polar surface area (TPSA) is 77.0 Å². The molecule has 5 nitrogen and oxygen atoms in total. The summed E-state index contributed by atoms with van der Waals surface area (Å²) < 4.78 is 5.48. The number of carbonyl (C=O) groups is 1. The highest BCUT2D eigenvalue weighted by Crippen LogP contribution is 2.29. The third-order valence-corrected chi connectivity index (χ3v) is 3.63. The highest BCUT2D eigenvalue weighted by Gasteiger charge is 2.11. The normalized spacial score (nSPS) is 10.8. The van der Waals surface area contributed by atoms with Crippen molar-refractivity contribution in [3.05, 3.63) is 83.9 Å². The molecule has 2 N–H and O–H groups in total. The highest BCUT2D eigenvalue weighted by molar-refractivity contribution is 5.91. The smallest absolute Gasteiger partial charge is 0.343 e. The molecule has 0 fully saturated rings. The first-order valence-electron chi connectivity index (χ1n) is 7.77. The van der Waals surface area contributed by atoms with E-state index < -0.39 is 5.97 Å². The molecule has 0 aliphatic rings. The molecule has 3 aromatic rings. The van der Waals surface area contributed by atoms with E-state index in [4.69, 9.17) is 10.5 Å². The summed E-state index contributed by atoms with van der Waals surface area (Å²) in [5, 5.41) is 8.43. The van der Waals surface area contributed by atoms with E-state index in [0.717, 1.165) is 5.56 Å². The van der Waals surface area contributed by atoms with E-state index in [-0.39, 0.29) is 0 Å². The van der Waals surface area contributed by atoms with Crippen LogP contribution in [0.5, 0.6) is 5.75 Å². The Labute approximate surface area is 145 Å². The van der Waals surface area contributed by atoms with Gasteiger partial charge >= 0.3 is 5.97 Å². The predicted octanol–water partition coefficient (Wildman–Crippen LogP) is 5.21. The lowest BCUT2D eigenvalue weighted by molar-refractivity contribution is 0.0733. The molecule has 0 aliphatic heterocycles. The van der Waals surface area contributed by atoms with Crippen LogP contribution < -0.4 is 10.5 Å². The van der Waals surface area contributed by atoms with Gasteiger partial charge in [-0.15, -0.1) is 0 Å². The maximum absolute atomic E-state index is 12.2. The summed E-state index contributed by atoms with van der Waals surface area (Å²) in [6.45, 7) is 1.84. The fourth-order valence-electron chi connectivity index (χ4n) is 2.21. The Balaban J connectivity index is 1.80. The lowest BCUT2D eigenvalue weighted by Crippen LogP contribution is -2.08. The van der Waals surface area contributed by atoms with Crippen molar-refractivity contribution >= 4 is 23.0 Å². The van der Waals surface area contributed by atoms with Crippen molar-refractivity contribution in [2.24, 2.45) is 10.2 Å². The first kappa shape index (κ1) is 16.4. The predicted molar refractivity (Wildman–Crippen MR) is 97.6 cm³/mol. The van der Waals surface area contributed by atoms with Crippen LogP contribution in [0.1, 0.15) is 15.9 Å². The summed E-state index contributed by atoms with van der Waals surface area (Å²) in [6.07, 6.45) is 0. The quantitative estimate of drug-likeness (QED) is 0.308. The Morgan fingerprint density at radius 3 is 2.32 bits per heavy atom. The minimum Gasteiger partial charge on any atom is -0.423 e. The van der Waals surface area contributed by atoms with Crippen molar-refractivity contribution < 1.29 is 9.53 Å². The van der Waals surface area contributed by atoms with Gasteiger partial charge in [0, 0.05) is 11.3 Å². The van der Waals surface area contributed by atoms with Crippen LogP contribution in [0.2, 0.25) is 0 Å². The molecule has 0 saturated carbocycles. The number of carbonyl (C=O) groups excluding carboxylic acids is 1. The van der Waals surface area contributed by atoms with Crippen molar-refractivity contribution in [1.29, 1.82) is 0 Å². The molecule has 3 aromatic carbocycles. The third kappa shape index (κ3) is 4.09. The van der Waals surface area contributed by atoms with Crippen LogP contribution in [0.15, 0.2) is 83.0 Å². The van der Waals surface area contributed by atoms with Gasteiger partial charge in [-0.25, -0.2) is 4.79 Å². The number of benzene rings is 3. The molecule has 0 amide bonds. The molecule has 0 aliphatic carbocycles. The van der Waals surface area contributed by atoms with Crippen LogP contribution >= 0.6 is 0 Å². The van der Waals surface area contributed by atoms with Crippen molar-refractivity contribution in [3.8, 4) is 5.75 Å². The monoisotopic (exact) mass is 331 g/mol. The molecule has 0 heterocycles. The minimum atomic E-state index is -0.406. The van der Waals surface area contributed by atoms with Gasteiger partial charge < -0.3 is 10.5 Å². The van der Waals surface area contributed by atoms with Crippen molar-refractivity contribution in [3.63, 3.8) is 0 Å². The Morgan fingerprint density at radius 1 is 0.880 bits per heavy atom. The van der Waals surface area contributed by atoms with Crippen molar-refractivity contribution in [2.45, 2.75) is 6.92 Å². The van der Waals surface area contributed by atoms with Crippen LogP contribution in [0.3, 0.4) is 0 Å². The number of rotatable bonds is 4. The van der Waals surface area contributed by atoms with Crippen LogP contribution in [-0.2, 0) is 0 Å². The summed E-state index contributed by atoms with van der Waals surface area (Å²) in [5.74, 6) is 0.0546. The van der Waals surface area contributed by atoms with Crippen molar-refractivity contribution in [1.82, 2.24) is 0 Å². The summed E-state index contributed by atoms with van der Waals surface area (Å²) >= 11 is 0. The maximum atomic E-state index is 12.2. The Hall–Kier alpha value is -3.47. The van der Waals surface area contributed by atoms with Gasteiger partial charge in [-0.3, -0.25) is 0 Å². The zero-order valence-electron chi connectivity index (χ0n) is 13.7. The molecular formula is C20H17N3O2. The second-order valence-electron chi connectivity index (χ2n) is 5.45. The minimum absolute atomic E-state index is 0.406. The first-order chi connectivity index (χ1) is 12.1. The van der Waals surface area contributed by atoms with E-state index in [2.05, 4.69) is 10.2 Å². The Morgan fingerprint density at radius 2 is 1.60 bits per heavy atom. The van der Waals surface area contributed by atoms with Gasteiger partial charge in [-0.2, -0.15) is 10.2 Å². The molecular weight excluding hydrogens is 314 g/mol. The van der Waals surface area contributed by atoms with Gasteiger partial charge in [0.15, 0.2) is 0 Å². The average molecular weight is 331 g/mol. The van der Waals surface area contributed by atoms with Crippen LogP contribution in [0.4, 0.5) is 17.1 Å². The highest BCUT2D eigenvalue weighted by atomic mass is 16.5. The van der Waals surface area contributed by atoms with Gasteiger partial charge in [0.1, 0.15) is 5.75 Å². The summed E-state index contributed by atoms with van der Waals surface area (Å²) in [4.78, 5) is 12.2. The second kappa shape index (κ2) is 7.40. The first-order valence-corrected chi connectivity index (χ1v) is 7.77. The van der Waals surface area contributed by atoms with Gasteiger partial charge in [-0.1, -0.05) is 24.3 Å². The number of nitrogens with zero attached hydrogens (tertiary/aromatic N) is 2. The lowest BCUT2D eigenvalue weighted by Gasteiger charge is -2.08. The molecule has 0 aromatic heterocycles. The number of ether oxygens (including phenoxy) is 1. The molecule has 0 atom stereocenters. The van der Waals surface area contributed by atoms with Crippen LogP contribution in [0.25, 0.3) is 0 Å². The largest absolute Gasteiger partial charge is 0.423 e. The number of esters is 1. The van der Waals surface area contributed by atoms with Gasteiger partial charge in [-0.05, 0) is 55.5 Å². The molecule has 0 bridgehead atoms. The molecule has 0 unspecified atom stereocenters. The number of azo groups is 1. The molecule has 0 spiro atoms. The van der Waals surface area contributed by atoms with E-state index in [1.54, 1.807) is 60.7 Å². The van der Waals surface area contributed by atoms with Gasteiger partial charge in [0.2, 0.25) is 0 Å². The SMILES string of the molecule is Cc1c(N=Nc2ccc(N)cc2)cccc1OC(=O)c1ccccc1. The molecule has 0 radical (unpaired) electrons. The van der Waals surface area contributed by atoms with Crippen molar-refractivity contribution in [2.75, 3.05) is 5.73 Å². The number of hydrogen-bond donors (Lipinski definition) is 1. The Kier molecular flexibility index (Phi) is 4.85. The Bertz CT molecular complexity index is 904. The van der Waals surface area contributed by atoms with E-state index in [0.29, 0.717) is 28.4 Å². The summed E-state index contributed by atoms with van der Waals surface area (Å²) in [7, 11) is 0. The lowest BCUT2D eigenvalue weighted by atomic mass is 10.2. The molecule has 0 saturated heterocycles. The van der Waals surface area contributed by atoms with Gasteiger partial charge in [0.25, 0.3) is 0 Å². The number of hydrogen-bond acceptors (Lipinski definition) is 5. The van der Waals surface area contributed by atoms with E-state index in [9.17, 15) is 4.79 Å². The van der Waals surface area contributed by atoms with E-state index in [1.807, 2.05) is 19.1 Å². The number of nitrogen functional groups attached to an aromatic ring is 1. The molecule has 124 valence electrons. The summed E-state index contributed by atoms with van der Waals surface area (Å²) in [5.41, 5.74) is 8.89. The average Bonchev–Trinajstić information content (AvgIpc) is 2.64. The molecule has 25 heavy (non-hydrogen) atoms. The second-order valence-corrected chi connectivity index (χ2v) is 5.45. The van der Waals surface area contributed by atoms with E-state index >= 15 is 0 Å². The zero-order valence-corrected chi connectivity index (χ0v) is 13.7. The van der Waals surface area contributed by atoms with Crippen LogP contribution in [0, 0.1) is 6.92 Å².